The number of unbranched alkanes of at least 4 members (excludes halogenated alkanes) is 1. The highest BCUT2D eigenvalue weighted by Crippen LogP contribution is 2.15. The lowest BCUT2D eigenvalue weighted by atomic mass is 10.1. The van der Waals surface area contributed by atoms with Crippen LogP contribution in [0, 0.1) is 13.8 Å². The molecular weight excluding hydrogens is 332 g/mol. The highest BCUT2D eigenvalue weighted by molar-refractivity contribution is 7.80. The minimum absolute atomic E-state index is 0.249. The molecule has 0 unspecified atom stereocenters. The molecule has 25 heavy (non-hydrogen) atoms. The number of amides is 1. The molecule has 0 aliphatic carbocycles. The Labute approximate surface area is 154 Å². The summed E-state index contributed by atoms with van der Waals surface area (Å²) < 4.78 is 5.59. The van der Waals surface area contributed by atoms with Crippen LogP contribution in [-0.4, -0.2) is 17.6 Å². The zero-order valence-electron chi connectivity index (χ0n) is 14.9. The van der Waals surface area contributed by atoms with Gasteiger partial charge in [-0.3, -0.25) is 10.1 Å². The van der Waals surface area contributed by atoms with Gasteiger partial charge in [-0.25, -0.2) is 0 Å². The van der Waals surface area contributed by atoms with E-state index in [0.717, 1.165) is 29.8 Å². The van der Waals surface area contributed by atoms with Crippen LogP contribution in [0.15, 0.2) is 42.5 Å². The van der Waals surface area contributed by atoms with Gasteiger partial charge in [0, 0.05) is 11.3 Å². The topological polar surface area (TPSA) is 50.4 Å². The van der Waals surface area contributed by atoms with Crippen LogP contribution in [0.2, 0.25) is 0 Å². The Bertz CT molecular complexity index is 742. The minimum atomic E-state index is -0.249. The predicted molar refractivity (Wildman–Crippen MR) is 106 cm³/mol. The Morgan fingerprint density at radius 2 is 1.80 bits per heavy atom. The lowest BCUT2D eigenvalue weighted by Crippen LogP contribution is -2.34. The van der Waals surface area contributed by atoms with Crippen LogP contribution in [0.4, 0.5) is 5.69 Å². The average molecular weight is 356 g/mol. The fraction of sp³-hybridized carbons (Fsp3) is 0.300. The fourth-order valence-electron chi connectivity index (χ4n) is 2.19. The molecule has 0 fully saturated rings. The van der Waals surface area contributed by atoms with Gasteiger partial charge in [-0.2, -0.15) is 0 Å². The molecule has 0 heterocycles. The van der Waals surface area contributed by atoms with E-state index in [2.05, 4.69) is 24.5 Å². The molecule has 132 valence electrons. The molecule has 4 nitrogen and oxygen atoms in total. The Kier molecular flexibility index (Phi) is 6.95. The number of anilines is 1. The summed E-state index contributed by atoms with van der Waals surface area (Å²) >= 11 is 5.22. The van der Waals surface area contributed by atoms with Crippen molar-refractivity contribution in [2.75, 3.05) is 11.9 Å². The summed E-state index contributed by atoms with van der Waals surface area (Å²) in [5, 5.41) is 6.00. The van der Waals surface area contributed by atoms with Crippen LogP contribution in [0.5, 0.6) is 5.75 Å². The van der Waals surface area contributed by atoms with Gasteiger partial charge in [0.05, 0.1) is 6.61 Å². The molecule has 0 atom stereocenters. The number of ether oxygens (including phenoxy) is 1. The Morgan fingerprint density at radius 3 is 2.44 bits per heavy atom. The molecule has 0 radical (unpaired) electrons. The lowest BCUT2D eigenvalue weighted by molar-refractivity contribution is 0.0977. The first-order valence-corrected chi connectivity index (χ1v) is 8.83. The molecule has 0 saturated carbocycles. The second-order valence-electron chi connectivity index (χ2n) is 5.93. The molecule has 2 rings (SSSR count). The third kappa shape index (κ3) is 5.87. The van der Waals surface area contributed by atoms with Crippen LogP contribution in [0.1, 0.15) is 41.3 Å². The third-order valence-corrected chi connectivity index (χ3v) is 4.08. The van der Waals surface area contributed by atoms with Gasteiger partial charge in [-0.1, -0.05) is 19.4 Å². The number of carbonyl (C=O) groups excluding carboxylic acids is 1. The molecule has 2 aromatic carbocycles. The molecule has 0 aliphatic rings. The maximum Gasteiger partial charge on any atom is 0.257 e. The number of thiocarbonyl (C=S) groups is 1. The van der Waals surface area contributed by atoms with Crippen molar-refractivity contribution in [3.8, 4) is 5.75 Å². The van der Waals surface area contributed by atoms with Crippen LogP contribution >= 0.6 is 12.2 Å². The van der Waals surface area contributed by atoms with Crippen molar-refractivity contribution in [2.45, 2.75) is 33.6 Å². The second-order valence-corrected chi connectivity index (χ2v) is 6.34. The van der Waals surface area contributed by atoms with E-state index >= 15 is 0 Å². The maximum absolute atomic E-state index is 12.3. The monoisotopic (exact) mass is 356 g/mol. The van der Waals surface area contributed by atoms with Gasteiger partial charge in [0.25, 0.3) is 5.91 Å². The number of nitrogens with one attached hydrogen (secondary N) is 2. The first-order chi connectivity index (χ1) is 12.0. The number of aryl methyl sites for hydroxylation is 2. The van der Waals surface area contributed by atoms with E-state index in [4.69, 9.17) is 17.0 Å². The van der Waals surface area contributed by atoms with Crippen LogP contribution in [-0.2, 0) is 0 Å². The summed E-state index contributed by atoms with van der Waals surface area (Å²) in [5.41, 5.74) is 3.76. The van der Waals surface area contributed by atoms with Gasteiger partial charge in [0.15, 0.2) is 5.11 Å². The molecule has 1 amide bonds. The van der Waals surface area contributed by atoms with E-state index in [9.17, 15) is 4.79 Å². The molecular formula is C20H24N2O2S. The standard InChI is InChI=1S/C20H24N2O2S/c1-4-5-12-24-18-10-7-16(8-11-18)19(23)22-20(25)21-17-9-6-14(2)15(3)13-17/h6-11,13H,4-5,12H2,1-3H3,(H2,21,22,23,25). The number of hydrogen-bond acceptors (Lipinski definition) is 3. The van der Waals surface area contributed by atoms with Crippen LogP contribution < -0.4 is 15.4 Å². The quantitative estimate of drug-likeness (QED) is 0.586. The van der Waals surface area contributed by atoms with Gasteiger partial charge in [0.1, 0.15) is 5.75 Å². The summed E-state index contributed by atoms with van der Waals surface area (Å²) in [6, 6.07) is 13.0. The molecule has 0 aromatic heterocycles. The predicted octanol–water partition coefficient (Wildman–Crippen LogP) is 4.61. The van der Waals surface area contributed by atoms with Gasteiger partial charge >= 0.3 is 0 Å². The van der Waals surface area contributed by atoms with Gasteiger partial charge in [-0.05, 0) is 80.0 Å². The van der Waals surface area contributed by atoms with Crippen molar-refractivity contribution in [1.82, 2.24) is 5.32 Å². The van der Waals surface area contributed by atoms with Crippen molar-refractivity contribution >= 4 is 28.9 Å². The highest BCUT2D eigenvalue weighted by Gasteiger charge is 2.08. The maximum atomic E-state index is 12.3. The number of hydrogen-bond donors (Lipinski definition) is 2. The highest BCUT2D eigenvalue weighted by atomic mass is 32.1. The van der Waals surface area contributed by atoms with Crippen LogP contribution in [0.3, 0.4) is 0 Å². The minimum Gasteiger partial charge on any atom is -0.494 e. The van der Waals surface area contributed by atoms with Crippen molar-refractivity contribution < 1.29 is 9.53 Å². The molecule has 2 aromatic rings. The van der Waals surface area contributed by atoms with Crippen molar-refractivity contribution in [2.24, 2.45) is 0 Å². The van der Waals surface area contributed by atoms with E-state index in [1.54, 1.807) is 24.3 Å². The molecule has 0 aliphatic heterocycles. The lowest BCUT2D eigenvalue weighted by Gasteiger charge is -2.11. The van der Waals surface area contributed by atoms with Crippen molar-refractivity contribution in [3.05, 3.63) is 59.2 Å². The zero-order chi connectivity index (χ0) is 18.2. The molecule has 2 N–H and O–H groups in total. The number of benzene rings is 2. The van der Waals surface area contributed by atoms with E-state index in [1.165, 1.54) is 5.56 Å². The summed E-state index contributed by atoms with van der Waals surface area (Å²) in [7, 11) is 0. The van der Waals surface area contributed by atoms with E-state index in [-0.39, 0.29) is 11.0 Å². The number of rotatable bonds is 6. The SMILES string of the molecule is CCCCOc1ccc(C(=O)NC(=S)Nc2ccc(C)c(C)c2)cc1. The average Bonchev–Trinajstić information content (AvgIpc) is 2.59. The Hall–Kier alpha value is -2.40. The largest absolute Gasteiger partial charge is 0.494 e. The molecule has 5 heteroatoms. The van der Waals surface area contributed by atoms with Crippen LogP contribution in [0.25, 0.3) is 0 Å². The van der Waals surface area contributed by atoms with Gasteiger partial charge in [-0.15, -0.1) is 0 Å². The van der Waals surface area contributed by atoms with E-state index in [1.807, 2.05) is 25.1 Å². The molecule has 0 spiro atoms. The summed E-state index contributed by atoms with van der Waals surface area (Å²) in [6.45, 7) is 6.89. The summed E-state index contributed by atoms with van der Waals surface area (Å²) in [4.78, 5) is 12.3. The van der Waals surface area contributed by atoms with E-state index < -0.39 is 0 Å². The second kappa shape index (κ2) is 9.18. The first-order valence-electron chi connectivity index (χ1n) is 8.42. The fourth-order valence-corrected chi connectivity index (χ4v) is 2.40. The Balaban J connectivity index is 1.89. The molecule has 0 bridgehead atoms. The zero-order valence-corrected chi connectivity index (χ0v) is 15.7. The summed E-state index contributed by atoms with van der Waals surface area (Å²) in [6.07, 6.45) is 2.10. The van der Waals surface area contributed by atoms with Crippen molar-refractivity contribution in [3.63, 3.8) is 0 Å². The smallest absolute Gasteiger partial charge is 0.257 e. The third-order valence-electron chi connectivity index (χ3n) is 3.87. The van der Waals surface area contributed by atoms with Gasteiger partial charge in [0.2, 0.25) is 0 Å². The van der Waals surface area contributed by atoms with Crippen molar-refractivity contribution in [1.29, 1.82) is 0 Å². The number of carbonyl (C=O) groups is 1. The Morgan fingerprint density at radius 1 is 1.08 bits per heavy atom. The molecule has 0 saturated heterocycles. The van der Waals surface area contributed by atoms with Gasteiger partial charge < -0.3 is 10.1 Å². The summed E-state index contributed by atoms with van der Waals surface area (Å²) in [5.74, 6) is 0.516. The normalized spacial score (nSPS) is 10.2. The first kappa shape index (κ1) is 18.9. The van der Waals surface area contributed by atoms with E-state index in [0.29, 0.717) is 12.2 Å².